The van der Waals surface area contributed by atoms with E-state index in [0.717, 1.165) is 5.75 Å². The minimum atomic E-state index is -0.316. The molecule has 0 unspecified atom stereocenters. The maximum atomic E-state index is 11.9. The third-order valence-electron chi connectivity index (χ3n) is 2.49. The van der Waals surface area contributed by atoms with E-state index in [1.807, 2.05) is 13.0 Å². The molecule has 2 aromatic rings. The highest BCUT2D eigenvalue weighted by Crippen LogP contribution is 2.14. The van der Waals surface area contributed by atoms with E-state index in [1.54, 1.807) is 36.5 Å². The van der Waals surface area contributed by atoms with Gasteiger partial charge in [-0.1, -0.05) is 0 Å². The summed E-state index contributed by atoms with van der Waals surface area (Å²) in [5.41, 5.74) is 0.524. The van der Waals surface area contributed by atoms with Crippen molar-refractivity contribution < 1.29 is 4.74 Å². The van der Waals surface area contributed by atoms with E-state index in [4.69, 9.17) is 10.00 Å². The van der Waals surface area contributed by atoms with Crippen molar-refractivity contribution in [2.45, 2.75) is 6.92 Å². The summed E-state index contributed by atoms with van der Waals surface area (Å²) in [6.07, 6.45) is 1.64. The first kappa shape index (κ1) is 11.9. The van der Waals surface area contributed by atoms with Crippen molar-refractivity contribution in [1.82, 2.24) is 4.57 Å². The van der Waals surface area contributed by atoms with Gasteiger partial charge in [0, 0.05) is 11.9 Å². The summed E-state index contributed by atoms with van der Waals surface area (Å²) in [5.74, 6) is 0.755. The molecule has 90 valence electrons. The number of benzene rings is 1. The minimum absolute atomic E-state index is 0.131. The average Bonchev–Trinajstić information content (AvgIpc) is 2.41. The number of ether oxygens (including phenoxy) is 1. The molecule has 0 aliphatic rings. The van der Waals surface area contributed by atoms with Gasteiger partial charge in [0.05, 0.1) is 6.61 Å². The van der Waals surface area contributed by atoms with Crippen LogP contribution in [0.2, 0.25) is 0 Å². The Morgan fingerprint density at radius 2 is 2.00 bits per heavy atom. The van der Waals surface area contributed by atoms with Crippen molar-refractivity contribution >= 4 is 0 Å². The highest BCUT2D eigenvalue weighted by Gasteiger charge is 2.04. The van der Waals surface area contributed by atoms with Crippen LogP contribution in [0.5, 0.6) is 5.75 Å². The van der Waals surface area contributed by atoms with Crippen LogP contribution in [0.3, 0.4) is 0 Å². The van der Waals surface area contributed by atoms with E-state index in [-0.39, 0.29) is 11.1 Å². The zero-order valence-electron chi connectivity index (χ0n) is 9.96. The molecule has 0 radical (unpaired) electrons. The molecular weight excluding hydrogens is 228 g/mol. The molecule has 0 amide bonds. The zero-order chi connectivity index (χ0) is 13.0. The van der Waals surface area contributed by atoms with Gasteiger partial charge in [-0.3, -0.25) is 9.36 Å². The highest BCUT2D eigenvalue weighted by molar-refractivity contribution is 5.39. The molecule has 1 aromatic heterocycles. The summed E-state index contributed by atoms with van der Waals surface area (Å²) < 4.78 is 6.77. The molecule has 4 heteroatoms. The average molecular weight is 240 g/mol. The molecule has 0 aliphatic carbocycles. The smallest absolute Gasteiger partial charge is 0.272 e. The van der Waals surface area contributed by atoms with Crippen LogP contribution in [-0.4, -0.2) is 11.2 Å². The third-order valence-corrected chi connectivity index (χ3v) is 2.49. The maximum Gasteiger partial charge on any atom is 0.272 e. The van der Waals surface area contributed by atoms with Crippen molar-refractivity contribution in [3.05, 3.63) is 58.5 Å². The number of aromatic nitrogens is 1. The van der Waals surface area contributed by atoms with E-state index in [1.165, 1.54) is 10.6 Å². The number of hydrogen-bond acceptors (Lipinski definition) is 3. The van der Waals surface area contributed by atoms with Gasteiger partial charge in [0.2, 0.25) is 0 Å². The third kappa shape index (κ3) is 2.25. The predicted octanol–water partition coefficient (Wildman–Crippen LogP) is 2.11. The monoisotopic (exact) mass is 240 g/mol. The van der Waals surface area contributed by atoms with Crippen LogP contribution in [0, 0.1) is 11.3 Å². The van der Waals surface area contributed by atoms with Crippen molar-refractivity contribution in [3.63, 3.8) is 0 Å². The zero-order valence-corrected chi connectivity index (χ0v) is 9.96. The molecule has 0 saturated carbocycles. The molecule has 0 atom stereocenters. The molecule has 0 aliphatic heterocycles. The highest BCUT2D eigenvalue weighted by atomic mass is 16.5. The normalized spacial score (nSPS) is 9.78. The molecule has 0 spiro atoms. The number of rotatable bonds is 3. The van der Waals surface area contributed by atoms with Crippen molar-refractivity contribution in [2.24, 2.45) is 0 Å². The van der Waals surface area contributed by atoms with Crippen LogP contribution in [-0.2, 0) is 0 Å². The SMILES string of the molecule is CCOc1ccc(-n2cccc(C#N)c2=O)cc1. The first-order valence-electron chi connectivity index (χ1n) is 5.61. The largest absolute Gasteiger partial charge is 0.494 e. The Morgan fingerprint density at radius 1 is 1.28 bits per heavy atom. The second kappa shape index (κ2) is 5.19. The van der Waals surface area contributed by atoms with Gasteiger partial charge in [-0.2, -0.15) is 5.26 Å². The number of hydrogen-bond donors (Lipinski definition) is 0. The molecule has 0 fully saturated rings. The van der Waals surface area contributed by atoms with Gasteiger partial charge in [-0.25, -0.2) is 0 Å². The van der Waals surface area contributed by atoms with Gasteiger partial charge in [0.25, 0.3) is 5.56 Å². The molecule has 0 N–H and O–H groups in total. The fourth-order valence-electron chi connectivity index (χ4n) is 1.65. The van der Waals surface area contributed by atoms with Crippen LogP contribution in [0.25, 0.3) is 5.69 Å². The lowest BCUT2D eigenvalue weighted by Gasteiger charge is -2.07. The van der Waals surface area contributed by atoms with Crippen LogP contribution in [0.1, 0.15) is 12.5 Å². The van der Waals surface area contributed by atoms with E-state index in [0.29, 0.717) is 12.3 Å². The van der Waals surface area contributed by atoms with Crippen LogP contribution in [0.4, 0.5) is 0 Å². The molecule has 0 bridgehead atoms. The minimum Gasteiger partial charge on any atom is -0.494 e. The summed E-state index contributed by atoms with van der Waals surface area (Å²) in [5, 5.41) is 8.82. The van der Waals surface area contributed by atoms with Gasteiger partial charge >= 0.3 is 0 Å². The first-order chi connectivity index (χ1) is 8.76. The summed E-state index contributed by atoms with van der Waals surface area (Å²) in [6.45, 7) is 2.51. The van der Waals surface area contributed by atoms with Crippen molar-refractivity contribution in [2.75, 3.05) is 6.61 Å². The van der Waals surface area contributed by atoms with Crippen molar-refractivity contribution in [3.8, 4) is 17.5 Å². The molecule has 2 rings (SSSR count). The Labute approximate surface area is 105 Å². The van der Waals surface area contributed by atoms with Gasteiger partial charge in [0.1, 0.15) is 17.4 Å². The molecule has 4 nitrogen and oxygen atoms in total. The topological polar surface area (TPSA) is 55.0 Å². The quantitative estimate of drug-likeness (QED) is 0.825. The Balaban J connectivity index is 2.44. The number of nitriles is 1. The Morgan fingerprint density at radius 3 is 2.61 bits per heavy atom. The van der Waals surface area contributed by atoms with E-state index >= 15 is 0 Å². The maximum absolute atomic E-state index is 11.9. The van der Waals surface area contributed by atoms with Gasteiger partial charge in [0.15, 0.2) is 0 Å². The lowest BCUT2D eigenvalue weighted by molar-refractivity contribution is 0.340. The Hall–Kier alpha value is -2.54. The standard InChI is InChI=1S/C14H12N2O2/c1-2-18-13-7-5-12(6-8-13)16-9-3-4-11(10-15)14(16)17/h3-9H,2H2,1H3. The van der Waals surface area contributed by atoms with Crippen LogP contribution < -0.4 is 10.3 Å². The lowest BCUT2D eigenvalue weighted by Crippen LogP contribution is -2.19. The molecular formula is C14H12N2O2. The molecule has 1 aromatic carbocycles. The second-order valence-corrected chi connectivity index (χ2v) is 3.64. The van der Waals surface area contributed by atoms with E-state index in [2.05, 4.69) is 0 Å². The van der Waals surface area contributed by atoms with Gasteiger partial charge in [-0.15, -0.1) is 0 Å². The second-order valence-electron chi connectivity index (χ2n) is 3.64. The first-order valence-corrected chi connectivity index (χ1v) is 5.61. The predicted molar refractivity (Wildman–Crippen MR) is 67.9 cm³/mol. The summed E-state index contributed by atoms with van der Waals surface area (Å²) in [7, 11) is 0. The van der Waals surface area contributed by atoms with E-state index in [9.17, 15) is 4.79 Å². The Kier molecular flexibility index (Phi) is 3.44. The summed E-state index contributed by atoms with van der Waals surface area (Å²) >= 11 is 0. The number of pyridine rings is 1. The van der Waals surface area contributed by atoms with Crippen molar-refractivity contribution in [1.29, 1.82) is 5.26 Å². The van der Waals surface area contributed by atoms with E-state index < -0.39 is 0 Å². The lowest BCUT2D eigenvalue weighted by atomic mass is 10.2. The fraction of sp³-hybridized carbons (Fsp3) is 0.143. The number of nitrogens with zero attached hydrogens (tertiary/aromatic N) is 2. The van der Waals surface area contributed by atoms with Gasteiger partial charge in [-0.05, 0) is 43.3 Å². The van der Waals surface area contributed by atoms with Gasteiger partial charge < -0.3 is 4.74 Å². The fourth-order valence-corrected chi connectivity index (χ4v) is 1.65. The van der Waals surface area contributed by atoms with Crippen LogP contribution >= 0.6 is 0 Å². The Bertz CT molecular complexity index is 636. The van der Waals surface area contributed by atoms with Crippen LogP contribution in [0.15, 0.2) is 47.4 Å². The molecule has 0 saturated heterocycles. The summed E-state index contributed by atoms with van der Waals surface area (Å²) in [6, 6.07) is 12.2. The molecule has 1 heterocycles. The molecule has 18 heavy (non-hydrogen) atoms. The summed E-state index contributed by atoms with van der Waals surface area (Å²) in [4.78, 5) is 11.9.